The lowest BCUT2D eigenvalue weighted by Gasteiger charge is -2.34. The zero-order valence-corrected chi connectivity index (χ0v) is 49.2. The molecule has 0 saturated heterocycles. The van der Waals surface area contributed by atoms with Crippen LogP contribution in [0, 0.1) is 0 Å². The third kappa shape index (κ3) is 7.52. The Morgan fingerprint density at radius 1 is 0.276 bits per heavy atom. The predicted molar refractivity (Wildman–Crippen MR) is 365 cm³/mol. The van der Waals surface area contributed by atoms with Crippen molar-refractivity contribution in [1.29, 1.82) is 0 Å². The van der Waals surface area contributed by atoms with Crippen molar-refractivity contribution in [2.24, 2.45) is 0 Å². The second-order valence-corrected chi connectivity index (χ2v) is 24.5. The Kier molecular flexibility index (Phi) is 11.9. The molecular weight excluding hydrogens is 1070 g/mol. The lowest BCUT2D eigenvalue weighted by atomic mass is 9.67. The molecule has 2 aliphatic rings. The monoisotopic (exact) mass is 1130 g/mol. The number of hydrogen-bond acceptors (Lipinski definition) is 3. The zero-order valence-electron chi connectivity index (χ0n) is 48.4. The van der Waals surface area contributed by atoms with Crippen LogP contribution >= 0.6 is 11.3 Å². The van der Waals surface area contributed by atoms with Gasteiger partial charge in [0.2, 0.25) is 0 Å². The van der Waals surface area contributed by atoms with Crippen LogP contribution in [0.1, 0.15) is 69.5 Å². The Morgan fingerprint density at radius 3 is 0.966 bits per heavy atom. The van der Waals surface area contributed by atoms with Gasteiger partial charge in [-0.05, 0) is 136 Å². The molecule has 0 fully saturated rings. The number of aromatic nitrogens is 2. The number of hydrogen-bond donors (Lipinski definition) is 0. The summed E-state index contributed by atoms with van der Waals surface area (Å²) in [4.78, 5) is 14.6. The van der Waals surface area contributed by atoms with Gasteiger partial charge in [0.1, 0.15) is 11.0 Å². The summed E-state index contributed by atoms with van der Waals surface area (Å²) in [6, 6.07) is 109. The van der Waals surface area contributed by atoms with E-state index in [0.717, 1.165) is 88.5 Å². The highest BCUT2D eigenvalue weighted by atomic mass is 32.1. The van der Waals surface area contributed by atoms with E-state index >= 15 is 0 Å². The second-order valence-electron chi connectivity index (χ2n) is 23.5. The molecule has 0 radical (unpaired) electrons. The Bertz CT molecular complexity index is 4800. The first-order valence-corrected chi connectivity index (χ1v) is 31.4. The zero-order chi connectivity index (χ0) is 57.8. The molecular formula is C84H58N2S. The van der Waals surface area contributed by atoms with Crippen LogP contribution in [0.3, 0.4) is 0 Å². The summed E-state index contributed by atoms with van der Waals surface area (Å²) in [6.45, 7) is 4.44. The topological polar surface area (TPSA) is 25.8 Å². The van der Waals surface area contributed by atoms with Crippen LogP contribution in [0.4, 0.5) is 0 Å². The maximum atomic E-state index is 6.21. The number of nitrogens with zero attached hydrogens (tertiary/aromatic N) is 2. The molecule has 0 unspecified atom stereocenters. The van der Waals surface area contributed by atoms with Crippen molar-refractivity contribution in [1.82, 2.24) is 9.97 Å². The maximum Gasteiger partial charge on any atom is 0.109 e. The minimum atomic E-state index is -0.587. The first-order valence-electron chi connectivity index (χ1n) is 30.6. The normalized spacial score (nSPS) is 13.4. The van der Waals surface area contributed by atoms with Crippen LogP contribution in [0.25, 0.3) is 109 Å². The van der Waals surface area contributed by atoms with Crippen LogP contribution in [0.5, 0.6) is 0 Å². The maximum absolute atomic E-state index is 6.21. The van der Waals surface area contributed by atoms with Gasteiger partial charge in [0.25, 0.3) is 0 Å². The standard InChI is InChI=1S/C84H58N2S/c1-3-53-39-43-55(44-40-53)57-47-49-63-64-50-48-58(56-45-41-54(4-2)42-46-56)52-70(64)78-77(69(63)51-57)85-79-80(86-78)82(68-34-22-38-74-76(68)66-32-18-20-36-72(66)84(74,61-27-13-7-14-28-61)62-29-15-8-16-30-62)87-81(79)67-33-21-37-73-75(67)65-31-17-19-35-71(65)83(73,59-23-9-5-10-24-59)60-25-11-6-12-26-60/h5-52H,3-4H2,1-2H3. The molecule has 0 N–H and O–H groups in total. The summed E-state index contributed by atoms with van der Waals surface area (Å²) in [7, 11) is 0. The molecule has 2 aliphatic carbocycles. The van der Waals surface area contributed by atoms with Crippen molar-refractivity contribution in [2.75, 3.05) is 0 Å². The number of rotatable bonds is 10. The van der Waals surface area contributed by atoms with E-state index in [1.165, 1.54) is 89.0 Å². The van der Waals surface area contributed by atoms with E-state index in [4.69, 9.17) is 9.97 Å². The van der Waals surface area contributed by atoms with E-state index in [1.54, 1.807) is 0 Å². The third-order valence-electron chi connectivity index (χ3n) is 19.2. The van der Waals surface area contributed by atoms with Crippen molar-refractivity contribution in [3.63, 3.8) is 0 Å². The van der Waals surface area contributed by atoms with E-state index < -0.39 is 10.8 Å². The number of fused-ring (bicyclic) bond motifs is 13. The highest BCUT2D eigenvalue weighted by molar-refractivity contribution is 7.21. The van der Waals surface area contributed by atoms with Crippen molar-refractivity contribution >= 4 is 54.9 Å². The number of benzene rings is 13. The van der Waals surface area contributed by atoms with Gasteiger partial charge >= 0.3 is 0 Å². The highest BCUT2D eigenvalue weighted by Crippen LogP contribution is 2.62. The van der Waals surface area contributed by atoms with Crippen LogP contribution in [-0.4, -0.2) is 9.97 Å². The van der Waals surface area contributed by atoms with Gasteiger partial charge < -0.3 is 0 Å². The van der Waals surface area contributed by atoms with Crippen LogP contribution in [0.15, 0.2) is 291 Å². The Balaban J connectivity index is 1.02. The molecule has 0 atom stereocenters. The first-order chi connectivity index (χ1) is 43.1. The summed E-state index contributed by atoms with van der Waals surface area (Å²) in [6.07, 6.45) is 1.98. The SMILES string of the molecule is CCc1ccc(-c2ccc3c4ccc(-c5ccc(CC)cc5)cc4c4nc5c(-c6cccc7c6-c6ccccc6C7(c6ccccc6)c6ccccc6)sc(-c6cccc7c6-c6ccccc6C7(c6ccccc6)c6ccccc6)c5nc4c3c2)cc1. The largest absolute Gasteiger partial charge is 0.242 e. The van der Waals surface area contributed by atoms with Gasteiger partial charge in [0.15, 0.2) is 0 Å². The van der Waals surface area contributed by atoms with Crippen molar-refractivity contribution < 1.29 is 0 Å². The van der Waals surface area contributed by atoms with Gasteiger partial charge in [-0.1, -0.05) is 293 Å². The molecule has 0 bridgehead atoms. The summed E-state index contributed by atoms with van der Waals surface area (Å²) in [5, 5.41) is 4.49. The lowest BCUT2D eigenvalue weighted by molar-refractivity contribution is 0.768. The van der Waals surface area contributed by atoms with Gasteiger partial charge in [-0.2, -0.15) is 0 Å². The summed E-state index contributed by atoms with van der Waals surface area (Å²) in [5.41, 5.74) is 27.0. The molecule has 2 heterocycles. The Morgan fingerprint density at radius 2 is 0.598 bits per heavy atom. The van der Waals surface area contributed by atoms with E-state index in [2.05, 4.69) is 305 Å². The van der Waals surface area contributed by atoms with Crippen molar-refractivity contribution in [3.05, 3.63) is 347 Å². The smallest absolute Gasteiger partial charge is 0.109 e. The summed E-state index contributed by atoms with van der Waals surface area (Å²) in [5.74, 6) is 0. The molecule has 3 heteroatoms. The van der Waals surface area contributed by atoms with E-state index in [0.29, 0.717) is 0 Å². The summed E-state index contributed by atoms with van der Waals surface area (Å²) >= 11 is 1.85. The third-order valence-corrected chi connectivity index (χ3v) is 20.4. The van der Waals surface area contributed by atoms with Crippen molar-refractivity contribution in [3.8, 4) is 65.4 Å². The van der Waals surface area contributed by atoms with Crippen LogP contribution in [-0.2, 0) is 23.7 Å². The molecule has 13 aromatic carbocycles. The van der Waals surface area contributed by atoms with Crippen LogP contribution < -0.4 is 0 Å². The fourth-order valence-corrected chi connectivity index (χ4v) is 16.5. The molecule has 0 spiro atoms. The molecule has 17 rings (SSSR count). The van der Waals surface area contributed by atoms with Gasteiger partial charge in [0.05, 0.1) is 31.6 Å². The minimum absolute atomic E-state index is 0.587. The average molecular weight is 1130 g/mol. The fraction of sp³-hybridized carbons (Fsp3) is 0.0714. The molecule has 0 saturated carbocycles. The van der Waals surface area contributed by atoms with E-state index in [9.17, 15) is 0 Å². The summed E-state index contributed by atoms with van der Waals surface area (Å²) < 4.78 is 0. The minimum Gasteiger partial charge on any atom is -0.242 e. The van der Waals surface area contributed by atoms with E-state index in [1.807, 2.05) is 11.3 Å². The fourth-order valence-electron chi connectivity index (χ4n) is 15.2. The van der Waals surface area contributed by atoms with Gasteiger partial charge in [0, 0.05) is 21.9 Å². The van der Waals surface area contributed by atoms with Gasteiger partial charge in [-0.25, -0.2) is 9.97 Å². The molecule has 2 nitrogen and oxygen atoms in total. The molecule has 0 amide bonds. The Labute approximate surface area is 511 Å². The van der Waals surface area contributed by atoms with Gasteiger partial charge in [-0.15, -0.1) is 11.3 Å². The molecule has 15 aromatic rings. The van der Waals surface area contributed by atoms with E-state index in [-0.39, 0.29) is 0 Å². The first kappa shape index (κ1) is 51.1. The van der Waals surface area contributed by atoms with Crippen molar-refractivity contribution in [2.45, 2.75) is 37.5 Å². The predicted octanol–water partition coefficient (Wildman–Crippen LogP) is 21.7. The molecule has 87 heavy (non-hydrogen) atoms. The molecule has 410 valence electrons. The Hall–Kier alpha value is -10.3. The quantitative estimate of drug-likeness (QED) is 0.128. The lowest BCUT2D eigenvalue weighted by Crippen LogP contribution is -2.28. The van der Waals surface area contributed by atoms with Gasteiger partial charge in [-0.3, -0.25) is 0 Å². The molecule has 2 aromatic heterocycles. The van der Waals surface area contributed by atoms with Crippen LogP contribution in [0.2, 0.25) is 0 Å². The second kappa shape index (κ2) is 20.2. The average Bonchev–Trinajstić information content (AvgIpc) is 1.69. The highest BCUT2D eigenvalue weighted by Gasteiger charge is 2.49. The number of thiophene rings is 1. The number of aryl methyl sites for hydroxylation is 2. The molecule has 0 aliphatic heterocycles.